The molecule has 0 aliphatic heterocycles. The van der Waals surface area contributed by atoms with Crippen LogP contribution in [0, 0.1) is 12.3 Å². The van der Waals surface area contributed by atoms with Crippen molar-refractivity contribution in [2.24, 2.45) is 0 Å². The van der Waals surface area contributed by atoms with Crippen molar-refractivity contribution in [2.75, 3.05) is 0 Å². The second-order valence-corrected chi connectivity index (χ2v) is 3.66. The van der Waals surface area contributed by atoms with Gasteiger partial charge in [-0.2, -0.15) is 0 Å². The van der Waals surface area contributed by atoms with Gasteiger partial charge in [0.2, 0.25) is 0 Å². The SMILES string of the molecule is C#CC[C@@H](NC(=O)c1ccccc1Cl)C(=O)O. The number of carboxylic acids is 1. The normalized spacial score (nSPS) is 11.3. The highest BCUT2D eigenvalue weighted by Gasteiger charge is 2.20. The van der Waals surface area contributed by atoms with Crippen molar-refractivity contribution < 1.29 is 14.7 Å². The summed E-state index contributed by atoms with van der Waals surface area (Å²) in [4.78, 5) is 22.5. The van der Waals surface area contributed by atoms with E-state index in [-0.39, 0.29) is 17.0 Å². The molecule has 0 radical (unpaired) electrons. The number of carboxylic acid groups (broad SMARTS) is 1. The third-order valence-corrected chi connectivity index (χ3v) is 2.37. The first kappa shape index (κ1) is 13.1. The highest BCUT2D eigenvalue weighted by Crippen LogP contribution is 2.14. The first-order valence-electron chi connectivity index (χ1n) is 4.78. The van der Waals surface area contributed by atoms with Gasteiger partial charge in [0.1, 0.15) is 6.04 Å². The van der Waals surface area contributed by atoms with E-state index in [2.05, 4.69) is 11.2 Å². The standard InChI is InChI=1S/C12H10ClNO3/c1-2-5-10(12(16)17)14-11(15)8-6-3-4-7-9(8)13/h1,3-4,6-7,10H,5H2,(H,14,15)(H,16,17)/t10-/m1/s1. The summed E-state index contributed by atoms with van der Waals surface area (Å²) >= 11 is 5.81. The van der Waals surface area contributed by atoms with E-state index < -0.39 is 17.9 Å². The molecule has 0 saturated heterocycles. The van der Waals surface area contributed by atoms with Crippen LogP contribution in [-0.2, 0) is 4.79 Å². The molecule has 0 heterocycles. The van der Waals surface area contributed by atoms with Gasteiger partial charge < -0.3 is 10.4 Å². The quantitative estimate of drug-likeness (QED) is 0.798. The topological polar surface area (TPSA) is 66.4 Å². The van der Waals surface area contributed by atoms with Crippen LogP contribution in [0.2, 0.25) is 5.02 Å². The lowest BCUT2D eigenvalue weighted by molar-refractivity contribution is -0.139. The molecule has 0 bridgehead atoms. The molecule has 0 aromatic heterocycles. The van der Waals surface area contributed by atoms with E-state index in [0.717, 1.165) is 0 Å². The molecule has 1 atom stereocenters. The summed E-state index contributed by atoms with van der Waals surface area (Å²) in [5, 5.41) is 11.4. The van der Waals surface area contributed by atoms with Crippen LogP contribution >= 0.6 is 11.6 Å². The largest absolute Gasteiger partial charge is 0.480 e. The molecular formula is C12H10ClNO3. The van der Waals surface area contributed by atoms with Crippen molar-refractivity contribution >= 4 is 23.5 Å². The molecule has 4 nitrogen and oxygen atoms in total. The minimum Gasteiger partial charge on any atom is -0.480 e. The summed E-state index contributed by atoms with van der Waals surface area (Å²) in [7, 11) is 0. The smallest absolute Gasteiger partial charge is 0.327 e. The number of nitrogens with one attached hydrogen (secondary N) is 1. The molecule has 0 fully saturated rings. The van der Waals surface area contributed by atoms with Gasteiger partial charge in [-0.05, 0) is 12.1 Å². The third kappa shape index (κ3) is 3.51. The Bertz CT molecular complexity index is 479. The second-order valence-electron chi connectivity index (χ2n) is 3.25. The number of hydrogen-bond donors (Lipinski definition) is 2. The van der Waals surface area contributed by atoms with Crippen molar-refractivity contribution in [2.45, 2.75) is 12.5 Å². The van der Waals surface area contributed by atoms with E-state index in [1.54, 1.807) is 18.2 Å². The number of terminal acetylenes is 1. The van der Waals surface area contributed by atoms with E-state index in [9.17, 15) is 9.59 Å². The number of aliphatic carboxylic acids is 1. The van der Waals surface area contributed by atoms with Crippen LogP contribution in [0.25, 0.3) is 0 Å². The molecule has 1 rings (SSSR count). The maximum atomic E-state index is 11.7. The predicted molar refractivity (Wildman–Crippen MR) is 63.8 cm³/mol. The Hall–Kier alpha value is -1.99. The molecule has 0 aliphatic carbocycles. The molecule has 2 N–H and O–H groups in total. The number of rotatable bonds is 4. The Balaban J connectivity index is 2.82. The Morgan fingerprint density at radius 2 is 2.12 bits per heavy atom. The predicted octanol–water partition coefficient (Wildman–Crippen LogP) is 1.55. The molecule has 0 aliphatic rings. The summed E-state index contributed by atoms with van der Waals surface area (Å²) in [6, 6.07) is 5.26. The number of benzene rings is 1. The van der Waals surface area contributed by atoms with Gasteiger partial charge in [0.25, 0.3) is 5.91 Å². The maximum absolute atomic E-state index is 11.7. The van der Waals surface area contributed by atoms with Crippen molar-refractivity contribution in [3.8, 4) is 12.3 Å². The number of carbonyl (C=O) groups excluding carboxylic acids is 1. The number of hydrogen-bond acceptors (Lipinski definition) is 2. The van der Waals surface area contributed by atoms with Crippen molar-refractivity contribution in [1.82, 2.24) is 5.32 Å². The van der Waals surface area contributed by atoms with E-state index in [1.807, 2.05) is 0 Å². The molecule has 0 unspecified atom stereocenters. The van der Waals surface area contributed by atoms with Gasteiger partial charge in [-0.3, -0.25) is 4.79 Å². The highest BCUT2D eigenvalue weighted by atomic mass is 35.5. The molecule has 17 heavy (non-hydrogen) atoms. The van der Waals surface area contributed by atoms with Crippen LogP contribution in [0.4, 0.5) is 0 Å². The fraction of sp³-hybridized carbons (Fsp3) is 0.167. The van der Waals surface area contributed by atoms with E-state index in [0.29, 0.717) is 0 Å². The minimum absolute atomic E-state index is 0.0779. The molecule has 0 saturated carbocycles. The van der Waals surface area contributed by atoms with Gasteiger partial charge in [0, 0.05) is 6.42 Å². The molecule has 1 aromatic rings. The van der Waals surface area contributed by atoms with Gasteiger partial charge in [-0.1, -0.05) is 23.7 Å². The summed E-state index contributed by atoms with van der Waals surface area (Å²) in [6.45, 7) is 0. The van der Waals surface area contributed by atoms with E-state index >= 15 is 0 Å². The molecule has 1 aromatic carbocycles. The third-order valence-electron chi connectivity index (χ3n) is 2.04. The Labute approximate surface area is 104 Å². The van der Waals surface area contributed by atoms with Crippen LogP contribution in [-0.4, -0.2) is 23.0 Å². The van der Waals surface area contributed by atoms with Gasteiger partial charge in [-0.15, -0.1) is 12.3 Å². The summed E-state index contributed by atoms with van der Waals surface area (Å²) < 4.78 is 0. The van der Waals surface area contributed by atoms with Crippen LogP contribution in [0.3, 0.4) is 0 Å². The van der Waals surface area contributed by atoms with Crippen LogP contribution in [0.1, 0.15) is 16.8 Å². The molecule has 88 valence electrons. The summed E-state index contributed by atoms with van der Waals surface area (Å²) in [5.41, 5.74) is 0.220. The van der Waals surface area contributed by atoms with E-state index in [4.69, 9.17) is 23.1 Å². The zero-order valence-corrected chi connectivity index (χ0v) is 9.57. The summed E-state index contributed by atoms with van der Waals surface area (Å²) in [6.07, 6.45) is 4.94. The average Bonchev–Trinajstić information content (AvgIpc) is 2.28. The zero-order valence-electron chi connectivity index (χ0n) is 8.81. The van der Waals surface area contributed by atoms with E-state index in [1.165, 1.54) is 6.07 Å². The highest BCUT2D eigenvalue weighted by molar-refractivity contribution is 6.33. The van der Waals surface area contributed by atoms with Crippen LogP contribution < -0.4 is 5.32 Å². The molecule has 0 spiro atoms. The fourth-order valence-corrected chi connectivity index (χ4v) is 1.42. The fourth-order valence-electron chi connectivity index (χ4n) is 1.20. The lowest BCUT2D eigenvalue weighted by Crippen LogP contribution is -2.40. The summed E-state index contributed by atoms with van der Waals surface area (Å²) in [5.74, 6) is 0.457. The Morgan fingerprint density at radius 1 is 1.47 bits per heavy atom. The zero-order chi connectivity index (χ0) is 12.8. The lowest BCUT2D eigenvalue weighted by atomic mass is 10.1. The number of carbonyl (C=O) groups is 2. The first-order chi connectivity index (χ1) is 8.06. The average molecular weight is 252 g/mol. The van der Waals surface area contributed by atoms with Gasteiger partial charge >= 0.3 is 5.97 Å². The number of amides is 1. The van der Waals surface area contributed by atoms with Gasteiger partial charge in [0.15, 0.2) is 0 Å². The minimum atomic E-state index is -1.18. The first-order valence-corrected chi connectivity index (χ1v) is 5.15. The Kier molecular flexibility index (Phi) is 4.56. The van der Waals surface area contributed by atoms with Gasteiger partial charge in [0.05, 0.1) is 10.6 Å². The van der Waals surface area contributed by atoms with Crippen LogP contribution in [0.5, 0.6) is 0 Å². The van der Waals surface area contributed by atoms with Gasteiger partial charge in [-0.25, -0.2) is 4.79 Å². The second kappa shape index (κ2) is 5.92. The molecule has 1 amide bonds. The lowest BCUT2D eigenvalue weighted by Gasteiger charge is -2.12. The van der Waals surface area contributed by atoms with Crippen molar-refractivity contribution in [3.05, 3.63) is 34.9 Å². The maximum Gasteiger partial charge on any atom is 0.327 e. The van der Waals surface area contributed by atoms with Crippen molar-refractivity contribution in [3.63, 3.8) is 0 Å². The number of halogens is 1. The van der Waals surface area contributed by atoms with Crippen molar-refractivity contribution in [1.29, 1.82) is 0 Å². The van der Waals surface area contributed by atoms with Crippen LogP contribution in [0.15, 0.2) is 24.3 Å². The monoisotopic (exact) mass is 251 g/mol. The molecule has 5 heteroatoms. The Morgan fingerprint density at radius 3 is 2.65 bits per heavy atom. The molecular weight excluding hydrogens is 242 g/mol.